The van der Waals surface area contributed by atoms with Gasteiger partial charge >= 0.3 is 0 Å². The van der Waals surface area contributed by atoms with Gasteiger partial charge in [0.05, 0.1) is 17.4 Å². The maximum Gasteiger partial charge on any atom is 0.0545 e. The van der Waals surface area contributed by atoms with Gasteiger partial charge in [0, 0.05) is 0 Å². The summed E-state index contributed by atoms with van der Waals surface area (Å²) in [5, 5.41) is -0.0414. The second-order valence-corrected chi connectivity index (χ2v) is 3.44. The molecule has 1 unspecified atom stereocenters. The molecular weight excluding hydrogens is 171 g/mol. The second-order valence-electron chi connectivity index (χ2n) is 2.55. The average Bonchev–Trinajstić information content (AvgIpc) is 2.10. The van der Waals surface area contributed by atoms with Crippen LogP contribution in [0.5, 0.6) is 0 Å². The van der Waals surface area contributed by atoms with Crippen LogP contribution < -0.4 is 0 Å². The van der Waals surface area contributed by atoms with Gasteiger partial charge in [-0.3, -0.25) is 0 Å². The molecule has 68 valence electrons. The summed E-state index contributed by atoms with van der Waals surface area (Å²) < 4.78 is 12.1. The fourth-order valence-electron chi connectivity index (χ4n) is 0.588. The van der Waals surface area contributed by atoms with Crippen LogP contribution >= 0.6 is 12.1 Å². The second kappa shape index (κ2) is 7.17. The molecule has 2 heteroatoms. The zero-order valence-electron chi connectivity index (χ0n) is 7.75. The van der Waals surface area contributed by atoms with Crippen LogP contribution in [0.4, 0.5) is 3.89 Å². The van der Waals surface area contributed by atoms with Crippen LogP contribution in [0.2, 0.25) is 0 Å². The molecule has 12 heavy (non-hydrogen) atoms. The van der Waals surface area contributed by atoms with Crippen LogP contribution in [-0.2, 0) is 0 Å². The molecule has 0 radical (unpaired) electrons. The highest BCUT2D eigenvalue weighted by Crippen LogP contribution is 2.18. The molecule has 0 aliphatic carbocycles. The van der Waals surface area contributed by atoms with Crippen molar-refractivity contribution in [3.8, 4) is 0 Å². The Labute approximate surface area is 78.5 Å². The Morgan fingerprint density at radius 3 is 2.50 bits per heavy atom. The van der Waals surface area contributed by atoms with Gasteiger partial charge in [-0.25, -0.2) is 0 Å². The molecule has 0 aliphatic heterocycles. The fraction of sp³-hybridized carbons (Fsp3) is 0.400. The Balaban J connectivity index is 3.99. The number of rotatable bonds is 4. The molecule has 0 fully saturated rings. The van der Waals surface area contributed by atoms with Gasteiger partial charge in [-0.1, -0.05) is 36.0 Å². The molecule has 0 saturated heterocycles. The van der Waals surface area contributed by atoms with E-state index in [4.69, 9.17) is 0 Å². The first-order chi connectivity index (χ1) is 5.72. The van der Waals surface area contributed by atoms with E-state index >= 15 is 0 Å². The van der Waals surface area contributed by atoms with Crippen molar-refractivity contribution in [3.05, 3.63) is 36.0 Å². The van der Waals surface area contributed by atoms with Crippen molar-refractivity contribution < 1.29 is 3.89 Å². The Hall–Kier alpha value is -0.500. The van der Waals surface area contributed by atoms with E-state index < -0.39 is 0 Å². The Bertz CT molecular complexity index is 192. The molecule has 0 aromatic rings. The van der Waals surface area contributed by atoms with Gasteiger partial charge in [0.25, 0.3) is 0 Å². The molecule has 1 atom stereocenters. The van der Waals surface area contributed by atoms with Crippen molar-refractivity contribution >= 4 is 12.1 Å². The molecule has 0 aromatic heterocycles. The van der Waals surface area contributed by atoms with Crippen molar-refractivity contribution in [2.24, 2.45) is 0 Å². The van der Waals surface area contributed by atoms with Crippen molar-refractivity contribution in [2.75, 3.05) is 0 Å². The van der Waals surface area contributed by atoms with E-state index in [9.17, 15) is 3.89 Å². The maximum atomic E-state index is 12.1. The SMILES string of the molecule is C\C=C/C=C\C=C(/C)C(C)SF. The molecule has 0 spiro atoms. The van der Waals surface area contributed by atoms with E-state index in [0.717, 1.165) is 5.57 Å². The molecule has 0 nitrogen and oxygen atoms in total. The minimum Gasteiger partial charge on any atom is -0.165 e. The fourth-order valence-corrected chi connectivity index (χ4v) is 0.807. The summed E-state index contributed by atoms with van der Waals surface area (Å²) in [7, 11) is 0. The third kappa shape index (κ3) is 5.19. The van der Waals surface area contributed by atoms with Crippen LogP contribution in [0.1, 0.15) is 20.8 Å². The summed E-state index contributed by atoms with van der Waals surface area (Å²) in [6.07, 6.45) is 9.67. The highest BCUT2D eigenvalue weighted by atomic mass is 32.2. The van der Waals surface area contributed by atoms with E-state index in [2.05, 4.69) is 0 Å². The number of hydrogen-bond acceptors (Lipinski definition) is 1. The summed E-state index contributed by atoms with van der Waals surface area (Å²) in [6.45, 7) is 5.73. The predicted octanol–water partition coefficient (Wildman–Crippen LogP) is 4.07. The Kier molecular flexibility index (Phi) is 6.87. The molecule has 0 bridgehead atoms. The number of hydrogen-bond donors (Lipinski definition) is 0. The lowest BCUT2D eigenvalue weighted by Crippen LogP contribution is -1.93. The van der Waals surface area contributed by atoms with Crippen LogP contribution in [0, 0.1) is 0 Å². The summed E-state index contributed by atoms with van der Waals surface area (Å²) >= 11 is 0.376. The molecule has 0 heterocycles. The highest BCUT2D eigenvalue weighted by molar-refractivity contribution is 7.95. The molecular formula is C10H15FS. The summed E-state index contributed by atoms with van der Waals surface area (Å²) in [6, 6.07) is 0. The third-order valence-corrected chi connectivity index (χ3v) is 2.19. The average molecular weight is 186 g/mol. The lowest BCUT2D eigenvalue weighted by Gasteiger charge is -2.02. The summed E-state index contributed by atoms with van der Waals surface area (Å²) in [4.78, 5) is 0. The monoisotopic (exact) mass is 186 g/mol. The van der Waals surface area contributed by atoms with Crippen LogP contribution in [-0.4, -0.2) is 5.25 Å². The molecule has 0 amide bonds. The zero-order valence-corrected chi connectivity index (χ0v) is 8.57. The predicted molar refractivity (Wildman–Crippen MR) is 55.9 cm³/mol. The summed E-state index contributed by atoms with van der Waals surface area (Å²) in [5.74, 6) is 0. The standard InChI is InChI=1S/C10H15FS/c1-4-5-6-7-8-9(2)10(3)12-11/h4-8,10H,1-3H3/b5-4-,7-6-,9-8+. The first-order valence-corrected chi connectivity index (χ1v) is 4.74. The van der Waals surface area contributed by atoms with E-state index in [1.165, 1.54) is 0 Å². The number of allylic oxidation sites excluding steroid dienone is 5. The smallest absolute Gasteiger partial charge is 0.0545 e. The maximum absolute atomic E-state index is 12.1. The highest BCUT2D eigenvalue weighted by Gasteiger charge is 2.01. The minimum absolute atomic E-state index is 0.0414. The number of halogens is 1. The van der Waals surface area contributed by atoms with Crippen molar-refractivity contribution in [2.45, 2.75) is 26.0 Å². The van der Waals surface area contributed by atoms with Gasteiger partial charge in [-0.05, 0) is 20.8 Å². The van der Waals surface area contributed by atoms with Crippen LogP contribution in [0.3, 0.4) is 0 Å². The van der Waals surface area contributed by atoms with Gasteiger partial charge in [0.2, 0.25) is 0 Å². The van der Waals surface area contributed by atoms with Crippen molar-refractivity contribution in [3.63, 3.8) is 0 Å². The lowest BCUT2D eigenvalue weighted by molar-refractivity contribution is 0.911. The quantitative estimate of drug-likeness (QED) is 0.596. The largest absolute Gasteiger partial charge is 0.165 e. The molecule has 0 aliphatic rings. The Morgan fingerprint density at radius 2 is 2.00 bits per heavy atom. The minimum atomic E-state index is -0.0414. The third-order valence-electron chi connectivity index (χ3n) is 1.55. The van der Waals surface area contributed by atoms with Gasteiger partial charge in [-0.15, -0.1) is 0 Å². The first-order valence-electron chi connectivity index (χ1n) is 3.96. The molecule has 0 aromatic carbocycles. The topological polar surface area (TPSA) is 0 Å². The van der Waals surface area contributed by atoms with Gasteiger partial charge < -0.3 is 0 Å². The van der Waals surface area contributed by atoms with Crippen molar-refractivity contribution in [1.82, 2.24) is 0 Å². The van der Waals surface area contributed by atoms with Crippen LogP contribution in [0.15, 0.2) is 36.0 Å². The van der Waals surface area contributed by atoms with E-state index in [1.54, 1.807) is 0 Å². The molecule has 0 N–H and O–H groups in total. The lowest BCUT2D eigenvalue weighted by atomic mass is 10.2. The zero-order chi connectivity index (χ0) is 9.40. The van der Waals surface area contributed by atoms with Gasteiger partial charge in [-0.2, -0.15) is 3.89 Å². The van der Waals surface area contributed by atoms with Gasteiger partial charge in [0.1, 0.15) is 0 Å². The van der Waals surface area contributed by atoms with Crippen molar-refractivity contribution in [1.29, 1.82) is 0 Å². The van der Waals surface area contributed by atoms with E-state index in [1.807, 2.05) is 51.2 Å². The Morgan fingerprint density at radius 1 is 1.33 bits per heavy atom. The normalized spacial score (nSPS) is 16.2. The van der Waals surface area contributed by atoms with E-state index in [-0.39, 0.29) is 5.25 Å². The van der Waals surface area contributed by atoms with Gasteiger partial charge in [0.15, 0.2) is 0 Å². The van der Waals surface area contributed by atoms with E-state index in [0.29, 0.717) is 12.1 Å². The van der Waals surface area contributed by atoms with Crippen LogP contribution in [0.25, 0.3) is 0 Å². The molecule has 0 saturated carbocycles. The first kappa shape index (κ1) is 11.5. The molecule has 0 rings (SSSR count). The summed E-state index contributed by atoms with van der Waals surface area (Å²) in [5.41, 5.74) is 1.04.